The van der Waals surface area contributed by atoms with Crippen LogP contribution in [0.5, 0.6) is 0 Å². The SMILES string of the molecule is c1cc(NCC2CCCCC2)ccc1NCC1CCCCC1. The van der Waals surface area contributed by atoms with E-state index in [1.54, 1.807) is 0 Å². The van der Waals surface area contributed by atoms with Crippen molar-refractivity contribution in [1.82, 2.24) is 0 Å². The zero-order valence-electron chi connectivity index (χ0n) is 13.9. The van der Waals surface area contributed by atoms with Crippen molar-refractivity contribution in [3.63, 3.8) is 0 Å². The molecule has 2 aliphatic carbocycles. The lowest BCUT2D eigenvalue weighted by molar-refractivity contribution is 0.373. The van der Waals surface area contributed by atoms with Crippen molar-refractivity contribution in [2.24, 2.45) is 11.8 Å². The molecular formula is C20H32N2. The third-order valence-corrected chi connectivity index (χ3v) is 5.52. The number of benzene rings is 1. The summed E-state index contributed by atoms with van der Waals surface area (Å²) in [7, 11) is 0. The first-order valence-corrected chi connectivity index (χ1v) is 9.48. The van der Waals surface area contributed by atoms with Gasteiger partial charge in [-0.2, -0.15) is 0 Å². The second-order valence-corrected chi connectivity index (χ2v) is 7.35. The van der Waals surface area contributed by atoms with Crippen molar-refractivity contribution < 1.29 is 0 Å². The van der Waals surface area contributed by atoms with E-state index in [2.05, 4.69) is 34.9 Å². The lowest BCUT2D eigenvalue weighted by Crippen LogP contribution is -2.17. The van der Waals surface area contributed by atoms with E-state index in [9.17, 15) is 0 Å². The molecule has 0 radical (unpaired) electrons. The first-order valence-electron chi connectivity index (χ1n) is 9.48. The van der Waals surface area contributed by atoms with Crippen LogP contribution in [0.25, 0.3) is 0 Å². The van der Waals surface area contributed by atoms with Gasteiger partial charge in [-0.1, -0.05) is 38.5 Å². The van der Waals surface area contributed by atoms with Gasteiger partial charge in [0, 0.05) is 24.5 Å². The van der Waals surface area contributed by atoms with Crippen LogP contribution in [0.2, 0.25) is 0 Å². The highest BCUT2D eigenvalue weighted by molar-refractivity contribution is 5.53. The second-order valence-electron chi connectivity index (χ2n) is 7.35. The minimum atomic E-state index is 0.887. The molecule has 0 heterocycles. The number of rotatable bonds is 6. The fourth-order valence-corrected chi connectivity index (χ4v) is 4.01. The van der Waals surface area contributed by atoms with Gasteiger partial charge < -0.3 is 10.6 Å². The quantitative estimate of drug-likeness (QED) is 0.707. The molecule has 2 nitrogen and oxygen atoms in total. The molecule has 122 valence electrons. The molecule has 3 rings (SSSR count). The average Bonchev–Trinajstić information content (AvgIpc) is 2.61. The van der Waals surface area contributed by atoms with Crippen molar-refractivity contribution in [1.29, 1.82) is 0 Å². The summed E-state index contributed by atoms with van der Waals surface area (Å²) in [6.45, 7) is 2.30. The molecule has 0 aliphatic heterocycles. The first-order chi connectivity index (χ1) is 10.9. The van der Waals surface area contributed by atoms with E-state index >= 15 is 0 Å². The Kier molecular flexibility index (Phi) is 6.03. The molecule has 2 fully saturated rings. The maximum absolute atomic E-state index is 3.62. The van der Waals surface area contributed by atoms with Crippen LogP contribution in [-0.2, 0) is 0 Å². The van der Waals surface area contributed by atoms with Crippen LogP contribution in [0.3, 0.4) is 0 Å². The number of nitrogens with one attached hydrogen (secondary N) is 2. The Balaban J connectivity index is 1.39. The molecule has 2 heteroatoms. The van der Waals surface area contributed by atoms with Crippen LogP contribution < -0.4 is 10.6 Å². The van der Waals surface area contributed by atoms with E-state index in [0.717, 1.165) is 24.9 Å². The van der Waals surface area contributed by atoms with E-state index < -0.39 is 0 Å². The van der Waals surface area contributed by atoms with Crippen LogP contribution in [0.4, 0.5) is 11.4 Å². The molecule has 0 spiro atoms. The molecule has 0 bridgehead atoms. The first kappa shape index (κ1) is 15.7. The molecule has 1 aromatic rings. The normalized spacial score (nSPS) is 20.7. The lowest BCUT2D eigenvalue weighted by Gasteiger charge is -2.23. The Morgan fingerprint density at radius 1 is 0.591 bits per heavy atom. The van der Waals surface area contributed by atoms with Crippen LogP contribution in [0, 0.1) is 11.8 Å². The molecule has 2 saturated carbocycles. The average molecular weight is 300 g/mol. The van der Waals surface area contributed by atoms with Gasteiger partial charge in [0.25, 0.3) is 0 Å². The van der Waals surface area contributed by atoms with Gasteiger partial charge in [-0.25, -0.2) is 0 Å². The minimum Gasteiger partial charge on any atom is -0.385 e. The predicted molar refractivity (Wildman–Crippen MR) is 96.6 cm³/mol. The summed E-state index contributed by atoms with van der Waals surface area (Å²) in [5.41, 5.74) is 2.54. The van der Waals surface area contributed by atoms with Gasteiger partial charge in [0.1, 0.15) is 0 Å². The highest BCUT2D eigenvalue weighted by atomic mass is 14.9. The van der Waals surface area contributed by atoms with Crippen LogP contribution in [0.1, 0.15) is 64.2 Å². The molecule has 0 amide bonds. The monoisotopic (exact) mass is 300 g/mol. The van der Waals surface area contributed by atoms with Gasteiger partial charge in [-0.15, -0.1) is 0 Å². The molecule has 0 unspecified atom stereocenters. The Labute approximate surface area is 136 Å². The molecular weight excluding hydrogens is 268 g/mol. The van der Waals surface area contributed by atoms with E-state index in [-0.39, 0.29) is 0 Å². The topological polar surface area (TPSA) is 24.1 Å². The second kappa shape index (κ2) is 8.45. The Morgan fingerprint density at radius 3 is 1.32 bits per heavy atom. The summed E-state index contributed by atoms with van der Waals surface area (Å²) < 4.78 is 0. The zero-order valence-corrected chi connectivity index (χ0v) is 13.9. The predicted octanol–water partition coefficient (Wildman–Crippen LogP) is 5.67. The van der Waals surface area contributed by atoms with E-state index in [1.807, 2.05) is 0 Å². The highest BCUT2D eigenvalue weighted by Gasteiger charge is 2.13. The molecule has 0 aromatic heterocycles. The van der Waals surface area contributed by atoms with Crippen LogP contribution >= 0.6 is 0 Å². The highest BCUT2D eigenvalue weighted by Crippen LogP contribution is 2.25. The Hall–Kier alpha value is -1.18. The van der Waals surface area contributed by atoms with E-state index in [0.29, 0.717) is 0 Å². The van der Waals surface area contributed by atoms with Gasteiger partial charge in [0.15, 0.2) is 0 Å². The maximum Gasteiger partial charge on any atom is 0.0341 e. The smallest absolute Gasteiger partial charge is 0.0341 e. The van der Waals surface area contributed by atoms with Gasteiger partial charge in [0.05, 0.1) is 0 Å². The Morgan fingerprint density at radius 2 is 0.955 bits per heavy atom. The number of hydrogen-bond donors (Lipinski definition) is 2. The molecule has 0 saturated heterocycles. The molecule has 1 aromatic carbocycles. The summed E-state index contributed by atoms with van der Waals surface area (Å²) in [5.74, 6) is 1.77. The van der Waals surface area contributed by atoms with Crippen LogP contribution in [0.15, 0.2) is 24.3 Å². The third kappa shape index (κ3) is 4.93. The molecule has 22 heavy (non-hydrogen) atoms. The lowest BCUT2D eigenvalue weighted by atomic mass is 9.89. The van der Waals surface area contributed by atoms with E-state index in [4.69, 9.17) is 0 Å². The van der Waals surface area contributed by atoms with Crippen molar-refractivity contribution in [3.8, 4) is 0 Å². The fourth-order valence-electron chi connectivity index (χ4n) is 4.01. The van der Waals surface area contributed by atoms with Gasteiger partial charge in [-0.3, -0.25) is 0 Å². The summed E-state index contributed by atoms with van der Waals surface area (Å²) >= 11 is 0. The maximum atomic E-state index is 3.62. The van der Waals surface area contributed by atoms with Gasteiger partial charge in [-0.05, 0) is 61.8 Å². The zero-order chi connectivity index (χ0) is 15.0. The van der Waals surface area contributed by atoms with Crippen molar-refractivity contribution >= 4 is 11.4 Å². The standard InChI is InChI=1S/C20H32N2/c1-3-7-17(8-4-1)15-21-19-11-13-20(14-12-19)22-16-18-9-5-2-6-10-18/h11-14,17-18,21-22H,1-10,15-16H2. The Bertz CT molecular complexity index is 373. The van der Waals surface area contributed by atoms with Gasteiger partial charge >= 0.3 is 0 Å². The summed E-state index contributed by atoms with van der Waals surface area (Å²) in [4.78, 5) is 0. The third-order valence-electron chi connectivity index (χ3n) is 5.52. The largest absolute Gasteiger partial charge is 0.385 e. The summed E-state index contributed by atoms with van der Waals surface area (Å²) in [6, 6.07) is 8.91. The van der Waals surface area contributed by atoms with Crippen LogP contribution in [-0.4, -0.2) is 13.1 Å². The molecule has 0 atom stereocenters. The van der Waals surface area contributed by atoms with Gasteiger partial charge in [0.2, 0.25) is 0 Å². The van der Waals surface area contributed by atoms with Crippen molar-refractivity contribution in [2.75, 3.05) is 23.7 Å². The van der Waals surface area contributed by atoms with E-state index in [1.165, 1.54) is 75.6 Å². The summed E-state index contributed by atoms with van der Waals surface area (Å²) in [6.07, 6.45) is 14.2. The number of hydrogen-bond acceptors (Lipinski definition) is 2. The minimum absolute atomic E-state index is 0.887. The van der Waals surface area contributed by atoms with Crippen molar-refractivity contribution in [3.05, 3.63) is 24.3 Å². The summed E-state index contributed by atoms with van der Waals surface area (Å²) in [5, 5.41) is 7.24. The molecule has 2 N–H and O–H groups in total. The molecule has 2 aliphatic rings. The number of anilines is 2. The van der Waals surface area contributed by atoms with Crippen molar-refractivity contribution in [2.45, 2.75) is 64.2 Å². The fraction of sp³-hybridized carbons (Fsp3) is 0.700.